The summed E-state index contributed by atoms with van der Waals surface area (Å²) in [5, 5.41) is 1.16. The number of pyridine rings is 1. The Bertz CT molecular complexity index is 1300. The Balaban J connectivity index is 1.59. The van der Waals surface area contributed by atoms with Crippen molar-refractivity contribution in [2.45, 2.75) is 32.1 Å². The molecule has 1 aromatic heterocycles. The van der Waals surface area contributed by atoms with E-state index < -0.39 is 0 Å². The van der Waals surface area contributed by atoms with Crippen molar-refractivity contribution in [1.29, 1.82) is 0 Å². The van der Waals surface area contributed by atoms with E-state index in [-0.39, 0.29) is 5.82 Å². The number of rotatable bonds is 6. The Labute approximate surface area is 207 Å². The van der Waals surface area contributed by atoms with Crippen molar-refractivity contribution < 1.29 is 9.13 Å². The second-order valence-electron chi connectivity index (χ2n) is 9.83. The fraction of sp³-hybridized carbons (Fsp3) is 0.323. The zero-order valence-electron chi connectivity index (χ0n) is 20.8. The van der Waals surface area contributed by atoms with Crippen LogP contribution in [-0.2, 0) is 6.42 Å². The molecular formula is C31H33FN2O. The fourth-order valence-corrected chi connectivity index (χ4v) is 5.59. The maximum atomic E-state index is 13.5. The molecule has 0 radical (unpaired) electrons. The van der Waals surface area contributed by atoms with E-state index in [1.165, 1.54) is 41.7 Å². The minimum atomic E-state index is -0.223. The van der Waals surface area contributed by atoms with E-state index in [0.717, 1.165) is 35.1 Å². The van der Waals surface area contributed by atoms with Gasteiger partial charge in [0.15, 0.2) is 0 Å². The van der Waals surface area contributed by atoms with E-state index in [1.807, 2.05) is 12.1 Å². The van der Waals surface area contributed by atoms with Gasteiger partial charge in [-0.3, -0.25) is 0 Å². The van der Waals surface area contributed by atoms with Gasteiger partial charge in [-0.2, -0.15) is 0 Å². The van der Waals surface area contributed by atoms with Gasteiger partial charge >= 0.3 is 0 Å². The summed E-state index contributed by atoms with van der Waals surface area (Å²) < 4.78 is 19.1. The minimum Gasteiger partial charge on any atom is -0.481 e. The standard InChI is InChI=1S/C31H33FN2O/c1-21-27-20-25(30(23-7-5-4-6-8-23)24-15-17-34(2)18-16-24)11-14-29(27)33-31(35-3)28(21)19-22-9-12-26(32)13-10-22/h4-14,20,24,30H,15-19H2,1-3H3. The number of hydrogen-bond acceptors (Lipinski definition) is 3. The molecule has 3 aromatic carbocycles. The second kappa shape index (κ2) is 10.2. The molecule has 0 saturated carbocycles. The Hall–Kier alpha value is -3.24. The van der Waals surface area contributed by atoms with Gasteiger partial charge in [0.1, 0.15) is 5.82 Å². The van der Waals surface area contributed by atoms with Crippen molar-refractivity contribution in [3.05, 3.63) is 106 Å². The highest BCUT2D eigenvalue weighted by molar-refractivity contribution is 5.85. The summed E-state index contributed by atoms with van der Waals surface area (Å²) in [5.74, 6) is 1.38. The van der Waals surface area contributed by atoms with Crippen molar-refractivity contribution in [3.8, 4) is 5.88 Å². The van der Waals surface area contributed by atoms with Gasteiger partial charge in [-0.25, -0.2) is 9.37 Å². The molecule has 0 N–H and O–H groups in total. The molecule has 35 heavy (non-hydrogen) atoms. The van der Waals surface area contributed by atoms with Gasteiger partial charge in [0.2, 0.25) is 5.88 Å². The number of likely N-dealkylation sites (tertiary alicyclic amines) is 1. The highest BCUT2D eigenvalue weighted by atomic mass is 19.1. The minimum absolute atomic E-state index is 0.223. The third-order valence-electron chi connectivity index (χ3n) is 7.60. The molecule has 1 fully saturated rings. The van der Waals surface area contributed by atoms with Crippen molar-refractivity contribution in [3.63, 3.8) is 0 Å². The molecule has 0 amide bonds. The lowest BCUT2D eigenvalue weighted by atomic mass is 9.76. The Morgan fingerprint density at radius 2 is 1.69 bits per heavy atom. The average Bonchev–Trinajstić information content (AvgIpc) is 2.89. The summed E-state index contributed by atoms with van der Waals surface area (Å²) in [4.78, 5) is 7.29. The van der Waals surface area contributed by atoms with Crippen LogP contribution in [0.4, 0.5) is 4.39 Å². The number of nitrogens with zero attached hydrogens (tertiary/aromatic N) is 2. The molecular weight excluding hydrogens is 435 g/mol. The van der Waals surface area contributed by atoms with Crippen LogP contribution in [0.1, 0.15) is 46.6 Å². The molecule has 1 aliphatic heterocycles. The number of fused-ring (bicyclic) bond motifs is 1. The van der Waals surface area contributed by atoms with Crippen LogP contribution >= 0.6 is 0 Å². The third-order valence-corrected chi connectivity index (χ3v) is 7.60. The predicted octanol–water partition coefficient (Wildman–Crippen LogP) is 6.76. The summed E-state index contributed by atoms with van der Waals surface area (Å²) in [6.07, 6.45) is 3.05. The molecule has 4 heteroatoms. The van der Waals surface area contributed by atoms with Crippen LogP contribution < -0.4 is 4.74 Å². The number of benzene rings is 3. The van der Waals surface area contributed by atoms with Gasteiger partial charge in [0.25, 0.3) is 0 Å². The first-order valence-electron chi connectivity index (χ1n) is 12.5. The van der Waals surface area contributed by atoms with Crippen LogP contribution in [0, 0.1) is 18.7 Å². The Kier molecular flexibility index (Phi) is 6.83. The smallest absolute Gasteiger partial charge is 0.217 e. The lowest BCUT2D eigenvalue weighted by Crippen LogP contribution is -2.33. The topological polar surface area (TPSA) is 25.4 Å². The average molecular weight is 469 g/mol. The SMILES string of the molecule is COc1nc2ccc(C(c3ccccc3)C3CCN(C)CC3)cc2c(C)c1Cc1ccc(F)cc1. The molecule has 0 spiro atoms. The summed E-state index contributed by atoms with van der Waals surface area (Å²) in [7, 11) is 3.89. The first-order chi connectivity index (χ1) is 17.0. The van der Waals surface area contributed by atoms with E-state index in [0.29, 0.717) is 24.1 Å². The monoisotopic (exact) mass is 468 g/mol. The summed E-state index contributed by atoms with van der Waals surface area (Å²) >= 11 is 0. The van der Waals surface area contributed by atoms with Crippen LogP contribution in [0.3, 0.4) is 0 Å². The van der Waals surface area contributed by atoms with E-state index in [9.17, 15) is 4.39 Å². The number of methoxy groups -OCH3 is 1. The number of aromatic nitrogens is 1. The molecule has 2 heterocycles. The second-order valence-corrected chi connectivity index (χ2v) is 9.83. The molecule has 0 aliphatic carbocycles. The third kappa shape index (κ3) is 4.94. The van der Waals surface area contributed by atoms with E-state index >= 15 is 0 Å². The highest BCUT2D eigenvalue weighted by Crippen LogP contribution is 2.40. The molecule has 1 aliphatic rings. The van der Waals surface area contributed by atoms with Crippen molar-refractivity contribution in [2.75, 3.05) is 27.2 Å². The van der Waals surface area contributed by atoms with Gasteiger partial charge < -0.3 is 9.64 Å². The lowest BCUT2D eigenvalue weighted by Gasteiger charge is -2.35. The van der Waals surface area contributed by atoms with E-state index in [4.69, 9.17) is 9.72 Å². The normalized spacial score (nSPS) is 15.9. The molecule has 0 bridgehead atoms. The molecule has 4 aromatic rings. The van der Waals surface area contributed by atoms with Crippen molar-refractivity contribution in [2.24, 2.45) is 5.92 Å². The van der Waals surface area contributed by atoms with Gasteiger partial charge in [-0.05, 0) is 92.3 Å². The quantitative estimate of drug-likeness (QED) is 0.313. The zero-order chi connectivity index (χ0) is 24.4. The maximum absolute atomic E-state index is 13.5. The Morgan fingerprint density at radius 1 is 0.971 bits per heavy atom. The lowest BCUT2D eigenvalue weighted by molar-refractivity contribution is 0.207. The Morgan fingerprint density at radius 3 is 2.37 bits per heavy atom. The van der Waals surface area contributed by atoms with E-state index in [2.05, 4.69) is 67.4 Å². The number of piperidine rings is 1. The first-order valence-corrected chi connectivity index (χ1v) is 12.5. The molecule has 1 saturated heterocycles. The number of hydrogen-bond donors (Lipinski definition) is 0. The van der Waals surface area contributed by atoms with Gasteiger partial charge in [-0.15, -0.1) is 0 Å². The number of ether oxygens (including phenoxy) is 1. The van der Waals surface area contributed by atoms with Crippen molar-refractivity contribution in [1.82, 2.24) is 9.88 Å². The van der Waals surface area contributed by atoms with Gasteiger partial charge in [0.05, 0.1) is 12.6 Å². The number of aryl methyl sites for hydroxylation is 1. The molecule has 3 nitrogen and oxygen atoms in total. The first kappa shape index (κ1) is 23.5. The van der Waals surface area contributed by atoms with Crippen LogP contribution in [0.15, 0.2) is 72.8 Å². The van der Waals surface area contributed by atoms with Gasteiger partial charge in [0, 0.05) is 23.3 Å². The molecule has 5 rings (SSSR count). The summed E-state index contributed by atoms with van der Waals surface area (Å²) in [5.41, 5.74) is 6.94. The highest BCUT2D eigenvalue weighted by Gasteiger charge is 2.28. The largest absolute Gasteiger partial charge is 0.481 e. The summed E-state index contributed by atoms with van der Waals surface area (Å²) in [6, 6.07) is 24.4. The van der Waals surface area contributed by atoms with Crippen molar-refractivity contribution >= 4 is 10.9 Å². The predicted molar refractivity (Wildman–Crippen MR) is 141 cm³/mol. The van der Waals surface area contributed by atoms with Crippen LogP contribution in [-0.4, -0.2) is 37.1 Å². The maximum Gasteiger partial charge on any atom is 0.217 e. The van der Waals surface area contributed by atoms with Crippen LogP contribution in [0.2, 0.25) is 0 Å². The van der Waals surface area contributed by atoms with Gasteiger partial charge in [-0.1, -0.05) is 48.5 Å². The van der Waals surface area contributed by atoms with E-state index in [1.54, 1.807) is 7.11 Å². The molecule has 1 unspecified atom stereocenters. The molecule has 1 atom stereocenters. The summed E-state index contributed by atoms with van der Waals surface area (Å²) in [6.45, 7) is 4.44. The van der Waals surface area contributed by atoms with Crippen LogP contribution in [0.25, 0.3) is 10.9 Å². The van der Waals surface area contributed by atoms with Crippen LogP contribution in [0.5, 0.6) is 5.88 Å². The zero-order valence-corrected chi connectivity index (χ0v) is 20.8. The molecule has 180 valence electrons. The fourth-order valence-electron chi connectivity index (χ4n) is 5.59. The number of halogens is 1.